The molecule has 43 heavy (non-hydrogen) atoms. The summed E-state index contributed by atoms with van der Waals surface area (Å²) in [6.07, 6.45) is 0. The average molecular weight is 555 g/mol. The lowest BCUT2D eigenvalue weighted by molar-refractivity contribution is 0.619. The normalized spacial score (nSPS) is 11.7. The zero-order chi connectivity index (χ0) is 28.6. The summed E-state index contributed by atoms with van der Waals surface area (Å²) < 4.78 is 12.2. The summed E-state index contributed by atoms with van der Waals surface area (Å²) in [5, 5.41) is 0. The SMILES string of the molecule is c1ccc(C(c2ccccc2)(c2ccc(-c3nc4ccccc4o3)cc2)c2ccc(-c3nc4ccccc4o3)cc2)cc1. The molecule has 0 bridgehead atoms. The number of benzene rings is 6. The maximum absolute atomic E-state index is 6.08. The Bertz CT molecular complexity index is 1940. The highest BCUT2D eigenvalue weighted by Gasteiger charge is 2.38. The van der Waals surface area contributed by atoms with E-state index in [1.54, 1.807) is 0 Å². The molecule has 6 aromatic carbocycles. The van der Waals surface area contributed by atoms with E-state index in [2.05, 4.69) is 109 Å². The molecule has 4 heteroatoms. The number of nitrogens with zero attached hydrogens (tertiary/aromatic N) is 2. The van der Waals surface area contributed by atoms with Gasteiger partial charge in [0.25, 0.3) is 0 Å². The molecule has 0 spiro atoms. The van der Waals surface area contributed by atoms with E-state index in [0.717, 1.165) is 44.5 Å². The van der Waals surface area contributed by atoms with Gasteiger partial charge in [0.1, 0.15) is 11.0 Å². The van der Waals surface area contributed by atoms with Crippen molar-refractivity contribution in [2.24, 2.45) is 0 Å². The summed E-state index contributed by atoms with van der Waals surface area (Å²) in [7, 11) is 0. The molecule has 0 aliphatic rings. The fourth-order valence-electron chi connectivity index (χ4n) is 6.09. The fraction of sp³-hybridized carbons (Fsp3) is 0.0256. The molecule has 8 rings (SSSR count). The van der Waals surface area contributed by atoms with Crippen LogP contribution >= 0.6 is 0 Å². The van der Waals surface area contributed by atoms with Crippen LogP contribution in [0.1, 0.15) is 22.3 Å². The topological polar surface area (TPSA) is 52.1 Å². The first kappa shape index (κ1) is 25.0. The highest BCUT2D eigenvalue weighted by Crippen LogP contribution is 2.46. The molecule has 0 N–H and O–H groups in total. The number of oxazole rings is 2. The Balaban J connectivity index is 1.30. The summed E-state index contributed by atoms with van der Waals surface area (Å²) >= 11 is 0. The molecule has 0 unspecified atom stereocenters. The first-order valence-corrected chi connectivity index (χ1v) is 14.3. The van der Waals surface area contributed by atoms with E-state index < -0.39 is 5.41 Å². The lowest BCUT2D eigenvalue weighted by Gasteiger charge is -2.37. The average Bonchev–Trinajstić information content (AvgIpc) is 3.72. The number of para-hydroxylation sites is 4. The van der Waals surface area contributed by atoms with E-state index in [1.165, 1.54) is 11.1 Å². The molecule has 2 heterocycles. The van der Waals surface area contributed by atoms with Crippen LogP contribution in [-0.4, -0.2) is 9.97 Å². The van der Waals surface area contributed by atoms with E-state index in [1.807, 2.05) is 48.5 Å². The summed E-state index contributed by atoms with van der Waals surface area (Å²) in [4.78, 5) is 9.44. The zero-order valence-electron chi connectivity index (χ0n) is 23.2. The summed E-state index contributed by atoms with van der Waals surface area (Å²) in [5.41, 5.74) is 9.17. The molecule has 8 aromatic rings. The minimum Gasteiger partial charge on any atom is -0.436 e. The molecule has 4 nitrogen and oxygen atoms in total. The van der Waals surface area contributed by atoms with Gasteiger partial charge in [0.15, 0.2) is 11.2 Å². The van der Waals surface area contributed by atoms with Crippen LogP contribution in [0.25, 0.3) is 45.1 Å². The van der Waals surface area contributed by atoms with Crippen molar-refractivity contribution in [1.29, 1.82) is 0 Å². The third kappa shape index (κ3) is 4.23. The van der Waals surface area contributed by atoms with Gasteiger partial charge in [0.05, 0.1) is 5.41 Å². The summed E-state index contributed by atoms with van der Waals surface area (Å²) in [6.45, 7) is 0. The van der Waals surface area contributed by atoms with Crippen molar-refractivity contribution >= 4 is 22.2 Å². The molecule has 0 atom stereocenters. The Morgan fingerprint density at radius 2 is 0.698 bits per heavy atom. The van der Waals surface area contributed by atoms with Gasteiger partial charge < -0.3 is 8.83 Å². The second-order valence-corrected chi connectivity index (χ2v) is 10.6. The van der Waals surface area contributed by atoms with Gasteiger partial charge in [-0.2, -0.15) is 0 Å². The number of rotatable bonds is 6. The highest BCUT2D eigenvalue weighted by atomic mass is 16.4. The standard InChI is InChI=1S/C39H26N2O2/c1-3-11-29(12-4-1)39(30-13-5-2-6-14-30,31-23-19-27(20-24-31)37-40-33-15-7-9-17-35(33)42-37)32-25-21-28(22-26-32)38-41-34-16-8-10-18-36(34)43-38/h1-26H. The van der Waals surface area contributed by atoms with Crippen molar-refractivity contribution in [3.63, 3.8) is 0 Å². The zero-order valence-corrected chi connectivity index (χ0v) is 23.2. The van der Waals surface area contributed by atoms with Crippen LogP contribution < -0.4 is 0 Å². The predicted octanol–water partition coefficient (Wildman–Crippen LogP) is 9.69. The van der Waals surface area contributed by atoms with E-state index in [0.29, 0.717) is 11.8 Å². The number of hydrogen-bond donors (Lipinski definition) is 0. The van der Waals surface area contributed by atoms with Gasteiger partial charge in [-0.25, -0.2) is 9.97 Å². The fourth-order valence-corrected chi connectivity index (χ4v) is 6.09. The maximum Gasteiger partial charge on any atom is 0.227 e. The van der Waals surface area contributed by atoms with E-state index >= 15 is 0 Å². The van der Waals surface area contributed by atoms with Gasteiger partial charge in [0.2, 0.25) is 11.8 Å². The van der Waals surface area contributed by atoms with Crippen LogP contribution in [0.4, 0.5) is 0 Å². The quantitative estimate of drug-likeness (QED) is 0.192. The minimum atomic E-state index is -0.581. The van der Waals surface area contributed by atoms with Crippen LogP contribution in [0.15, 0.2) is 167 Å². The molecule has 0 saturated carbocycles. The summed E-state index contributed by atoms with van der Waals surface area (Å²) in [6, 6.07) is 54.2. The molecule has 0 radical (unpaired) electrons. The Morgan fingerprint density at radius 1 is 0.349 bits per heavy atom. The lowest BCUT2D eigenvalue weighted by atomic mass is 9.65. The van der Waals surface area contributed by atoms with Crippen molar-refractivity contribution in [2.75, 3.05) is 0 Å². The maximum atomic E-state index is 6.08. The summed E-state index contributed by atoms with van der Waals surface area (Å²) in [5.74, 6) is 1.22. The minimum absolute atomic E-state index is 0.581. The molecule has 2 aromatic heterocycles. The van der Waals surface area contributed by atoms with Crippen LogP contribution in [0.2, 0.25) is 0 Å². The second-order valence-electron chi connectivity index (χ2n) is 10.6. The van der Waals surface area contributed by atoms with Gasteiger partial charge in [-0.3, -0.25) is 0 Å². The van der Waals surface area contributed by atoms with Gasteiger partial charge in [-0.1, -0.05) is 109 Å². The monoisotopic (exact) mass is 554 g/mol. The smallest absolute Gasteiger partial charge is 0.227 e. The number of fused-ring (bicyclic) bond motifs is 2. The second kappa shape index (κ2) is 10.3. The Labute approximate surface area is 248 Å². The molecular weight excluding hydrogens is 528 g/mol. The molecule has 0 amide bonds. The number of aromatic nitrogens is 2. The Hall–Kier alpha value is -5.74. The van der Waals surface area contributed by atoms with Crippen molar-refractivity contribution in [1.82, 2.24) is 9.97 Å². The highest BCUT2D eigenvalue weighted by molar-refractivity contribution is 5.77. The largest absolute Gasteiger partial charge is 0.436 e. The molecule has 0 saturated heterocycles. The van der Waals surface area contributed by atoms with Crippen LogP contribution in [0.3, 0.4) is 0 Å². The van der Waals surface area contributed by atoms with Gasteiger partial charge in [-0.15, -0.1) is 0 Å². The lowest BCUT2D eigenvalue weighted by Crippen LogP contribution is -2.31. The van der Waals surface area contributed by atoms with Crippen LogP contribution in [0, 0.1) is 0 Å². The Kier molecular flexibility index (Phi) is 5.97. The van der Waals surface area contributed by atoms with E-state index in [9.17, 15) is 0 Å². The van der Waals surface area contributed by atoms with Crippen molar-refractivity contribution in [3.8, 4) is 22.9 Å². The third-order valence-electron chi connectivity index (χ3n) is 8.13. The molecule has 0 fully saturated rings. The van der Waals surface area contributed by atoms with Crippen LogP contribution in [0.5, 0.6) is 0 Å². The molecule has 204 valence electrons. The van der Waals surface area contributed by atoms with Crippen LogP contribution in [-0.2, 0) is 5.41 Å². The first-order valence-electron chi connectivity index (χ1n) is 14.3. The Morgan fingerprint density at radius 3 is 1.09 bits per heavy atom. The predicted molar refractivity (Wildman–Crippen MR) is 171 cm³/mol. The van der Waals surface area contributed by atoms with Gasteiger partial charge >= 0.3 is 0 Å². The molecule has 0 aliphatic carbocycles. The van der Waals surface area contributed by atoms with Gasteiger partial charge in [-0.05, 0) is 70.8 Å². The van der Waals surface area contributed by atoms with Crippen molar-refractivity contribution in [3.05, 3.63) is 180 Å². The number of hydrogen-bond acceptors (Lipinski definition) is 4. The molecule has 0 aliphatic heterocycles. The third-order valence-corrected chi connectivity index (χ3v) is 8.13. The van der Waals surface area contributed by atoms with E-state index in [-0.39, 0.29) is 0 Å². The first-order chi connectivity index (χ1) is 21.3. The van der Waals surface area contributed by atoms with E-state index in [4.69, 9.17) is 18.8 Å². The van der Waals surface area contributed by atoms with Crippen molar-refractivity contribution in [2.45, 2.75) is 5.41 Å². The molecular formula is C39H26N2O2. The van der Waals surface area contributed by atoms with Crippen molar-refractivity contribution < 1.29 is 8.83 Å². The van der Waals surface area contributed by atoms with Gasteiger partial charge in [0, 0.05) is 11.1 Å².